The van der Waals surface area contributed by atoms with E-state index in [2.05, 4.69) is 36.0 Å². The maximum Gasteiger partial charge on any atom is 0.222 e. The number of nitrogens with one attached hydrogen (secondary N) is 2. The molecule has 0 fully saturated rings. The monoisotopic (exact) mass is 489 g/mol. The van der Waals surface area contributed by atoms with Crippen molar-refractivity contribution >= 4 is 17.7 Å². The van der Waals surface area contributed by atoms with Crippen molar-refractivity contribution in [2.75, 3.05) is 79.6 Å². The summed E-state index contributed by atoms with van der Waals surface area (Å²) in [5.41, 5.74) is 0. The quantitative estimate of drug-likeness (QED) is 0.0966. The fourth-order valence-electron chi connectivity index (χ4n) is 2.41. The fraction of sp³-hybridized carbons (Fsp3) is 0.826. The number of allylic oxidation sites excluding steroid dienone is 1. The highest BCUT2D eigenvalue weighted by atomic mass is 32.2. The molecule has 0 aliphatic carbocycles. The Morgan fingerprint density at radius 3 is 2.24 bits per heavy atom. The van der Waals surface area contributed by atoms with Crippen LogP contribution in [0.4, 0.5) is 0 Å². The number of rotatable bonds is 23. The average Bonchev–Trinajstić information content (AvgIpc) is 2.77. The van der Waals surface area contributed by atoms with Crippen molar-refractivity contribution in [3.8, 4) is 5.40 Å². The number of hydrogen-bond donors (Lipinski definition) is 2. The maximum atomic E-state index is 11.7. The minimum atomic E-state index is -0.653. The summed E-state index contributed by atoms with van der Waals surface area (Å²) in [7, 11) is 1.88. The van der Waals surface area contributed by atoms with Crippen LogP contribution >= 0.6 is 11.8 Å². The largest absolute Gasteiger partial charge is 0.379 e. The lowest BCUT2D eigenvalue weighted by atomic mass is 10.2. The average molecular weight is 490 g/mol. The zero-order valence-electron chi connectivity index (χ0n) is 20.7. The number of hydrogen-bond acceptors (Lipinski definition) is 9. The molecule has 1 amide bonds. The van der Waals surface area contributed by atoms with E-state index < -0.39 is 4.93 Å². The molecule has 33 heavy (non-hydrogen) atoms. The molecule has 0 aromatic heterocycles. The first-order chi connectivity index (χ1) is 15.9. The molecule has 0 aliphatic rings. The lowest BCUT2D eigenvalue weighted by Gasteiger charge is -2.26. The van der Waals surface area contributed by atoms with Gasteiger partial charge >= 0.3 is 0 Å². The van der Waals surface area contributed by atoms with E-state index in [1.165, 1.54) is 0 Å². The van der Waals surface area contributed by atoms with Gasteiger partial charge in [-0.1, -0.05) is 26.0 Å². The third kappa shape index (κ3) is 22.4. The van der Waals surface area contributed by atoms with Crippen LogP contribution in [0.15, 0.2) is 12.2 Å². The summed E-state index contributed by atoms with van der Waals surface area (Å²) in [5.74, 6) is 0.449. The number of amides is 1. The fourth-order valence-corrected chi connectivity index (χ4v) is 2.93. The molecule has 0 aromatic rings. The van der Waals surface area contributed by atoms with Crippen molar-refractivity contribution in [1.82, 2.24) is 10.6 Å². The van der Waals surface area contributed by atoms with Gasteiger partial charge < -0.3 is 34.3 Å². The molecule has 0 saturated carbocycles. The smallest absolute Gasteiger partial charge is 0.222 e. The second kappa shape index (κ2) is 22.6. The molecule has 1 atom stereocenters. The first-order valence-electron chi connectivity index (χ1n) is 11.5. The van der Waals surface area contributed by atoms with Gasteiger partial charge in [-0.25, -0.2) is 0 Å². The zero-order chi connectivity index (χ0) is 24.6. The maximum absolute atomic E-state index is 11.7. The third-order valence-electron chi connectivity index (χ3n) is 4.25. The van der Waals surface area contributed by atoms with Crippen molar-refractivity contribution < 1.29 is 28.5 Å². The van der Waals surface area contributed by atoms with E-state index in [1.807, 2.05) is 20.0 Å². The van der Waals surface area contributed by atoms with Crippen molar-refractivity contribution in [3.63, 3.8) is 0 Å². The van der Waals surface area contributed by atoms with Crippen LogP contribution in [0.1, 0.15) is 33.6 Å². The van der Waals surface area contributed by atoms with E-state index in [1.54, 1.807) is 0 Å². The van der Waals surface area contributed by atoms with Crippen LogP contribution in [0.3, 0.4) is 0 Å². The Balaban J connectivity index is 3.69. The molecule has 0 unspecified atom stereocenters. The highest BCUT2D eigenvalue weighted by Gasteiger charge is 2.26. The molecule has 0 rings (SSSR count). The standard InChI is InChI=1S/C23H43N3O6S/c1-21(2)6-5-9-26-22(27)7-11-28-14-17-31-18-19-32-23(3,33-20-24)8-12-29-15-16-30-13-10-25-4/h5-6,21,25H,7-19H2,1-4H3,(H,26,27)/b6-5+/t23-/m1/s1. The Morgan fingerprint density at radius 2 is 1.61 bits per heavy atom. The predicted molar refractivity (Wildman–Crippen MR) is 131 cm³/mol. The Labute approximate surface area is 203 Å². The van der Waals surface area contributed by atoms with Crippen molar-refractivity contribution in [1.29, 1.82) is 5.26 Å². The van der Waals surface area contributed by atoms with Gasteiger partial charge in [-0.2, -0.15) is 5.26 Å². The molecule has 0 radical (unpaired) electrons. The van der Waals surface area contributed by atoms with Crippen LogP contribution in [0, 0.1) is 16.6 Å². The van der Waals surface area contributed by atoms with Crippen LogP contribution in [0.5, 0.6) is 0 Å². The number of thiocyanates is 1. The van der Waals surface area contributed by atoms with Gasteiger partial charge in [0.05, 0.1) is 59.5 Å². The first-order valence-corrected chi connectivity index (χ1v) is 12.3. The Kier molecular flexibility index (Phi) is 21.8. The van der Waals surface area contributed by atoms with E-state index in [0.717, 1.165) is 18.3 Å². The van der Waals surface area contributed by atoms with Gasteiger partial charge in [0.25, 0.3) is 0 Å². The van der Waals surface area contributed by atoms with Crippen molar-refractivity contribution in [2.45, 2.75) is 38.5 Å². The van der Waals surface area contributed by atoms with Gasteiger partial charge in [-0.05, 0) is 31.7 Å². The molecule has 10 heteroatoms. The molecule has 192 valence electrons. The van der Waals surface area contributed by atoms with Crippen LogP contribution in [0.25, 0.3) is 0 Å². The Hall–Kier alpha value is -1.19. The molecule has 0 aromatic carbocycles. The summed E-state index contributed by atoms with van der Waals surface area (Å²) in [6, 6.07) is 0. The van der Waals surface area contributed by atoms with E-state index in [9.17, 15) is 4.79 Å². The third-order valence-corrected chi connectivity index (χ3v) is 5.09. The van der Waals surface area contributed by atoms with Crippen molar-refractivity contribution in [3.05, 3.63) is 12.2 Å². The lowest BCUT2D eigenvalue weighted by Crippen LogP contribution is -2.28. The van der Waals surface area contributed by atoms with Gasteiger partial charge in [0.15, 0.2) is 0 Å². The number of carbonyl (C=O) groups is 1. The second-order valence-corrected chi connectivity index (χ2v) is 8.96. The summed E-state index contributed by atoms with van der Waals surface area (Å²) in [6.07, 6.45) is 4.92. The van der Waals surface area contributed by atoms with Gasteiger partial charge in [-0.15, -0.1) is 0 Å². The van der Waals surface area contributed by atoms with Gasteiger partial charge in [0, 0.05) is 25.9 Å². The Morgan fingerprint density at radius 1 is 1.00 bits per heavy atom. The van der Waals surface area contributed by atoms with Gasteiger partial charge in [-0.3, -0.25) is 4.79 Å². The van der Waals surface area contributed by atoms with Gasteiger partial charge in [0.1, 0.15) is 10.3 Å². The molecule has 0 saturated heterocycles. The van der Waals surface area contributed by atoms with E-state index >= 15 is 0 Å². The topological polar surface area (TPSA) is 111 Å². The molecule has 0 aliphatic heterocycles. The number of nitrogens with zero attached hydrogens (tertiary/aromatic N) is 1. The lowest BCUT2D eigenvalue weighted by molar-refractivity contribution is -0.122. The zero-order valence-corrected chi connectivity index (χ0v) is 21.5. The Bertz CT molecular complexity index is 545. The normalized spacial score (nSPS) is 13.3. The van der Waals surface area contributed by atoms with E-state index in [4.69, 9.17) is 28.9 Å². The molecule has 0 spiro atoms. The number of likely N-dealkylation sites (N-methyl/N-ethyl adjacent to an activating group) is 1. The van der Waals surface area contributed by atoms with E-state index in [0.29, 0.717) is 84.8 Å². The summed E-state index contributed by atoms with van der Waals surface area (Å²) < 4.78 is 27.7. The van der Waals surface area contributed by atoms with Crippen LogP contribution in [-0.2, 0) is 28.5 Å². The first kappa shape index (κ1) is 31.8. The van der Waals surface area contributed by atoms with Gasteiger partial charge in [0.2, 0.25) is 5.91 Å². The number of thioether (sulfide) groups is 1. The summed E-state index contributed by atoms with van der Waals surface area (Å²) in [5, 5.41) is 17.0. The van der Waals surface area contributed by atoms with Crippen molar-refractivity contribution in [2.24, 2.45) is 5.92 Å². The highest BCUT2D eigenvalue weighted by Crippen LogP contribution is 2.29. The number of ether oxygens (including phenoxy) is 5. The molecule has 0 bridgehead atoms. The molecule has 0 heterocycles. The number of carbonyl (C=O) groups excluding carboxylic acids is 1. The van der Waals surface area contributed by atoms with Crippen LogP contribution in [-0.4, -0.2) is 90.4 Å². The molecule has 9 nitrogen and oxygen atoms in total. The summed E-state index contributed by atoms with van der Waals surface area (Å²) in [6.45, 7) is 11.5. The predicted octanol–water partition coefficient (Wildman–Crippen LogP) is 2.33. The number of nitriles is 1. The van der Waals surface area contributed by atoms with Crippen LogP contribution < -0.4 is 10.6 Å². The molecular weight excluding hydrogens is 446 g/mol. The molecular formula is C23H43N3O6S. The SMILES string of the molecule is CNCCOCCOCC[C@](C)(OCCOCCOCCC(=O)NC/C=C/C(C)C)SC#N. The molecule has 2 N–H and O–H groups in total. The second-order valence-electron chi connectivity index (χ2n) is 7.70. The van der Waals surface area contributed by atoms with E-state index in [-0.39, 0.29) is 5.91 Å². The summed E-state index contributed by atoms with van der Waals surface area (Å²) >= 11 is 1.08. The van der Waals surface area contributed by atoms with Crippen LogP contribution in [0.2, 0.25) is 0 Å². The highest BCUT2D eigenvalue weighted by molar-refractivity contribution is 8.04. The minimum absolute atomic E-state index is 0.0303. The summed E-state index contributed by atoms with van der Waals surface area (Å²) in [4.78, 5) is 11.0. The minimum Gasteiger partial charge on any atom is -0.379 e.